The van der Waals surface area contributed by atoms with Crippen molar-refractivity contribution in [2.45, 2.75) is 0 Å². The molecule has 0 unspecified atom stereocenters. The molecule has 6 nitrogen and oxygen atoms in total. The zero-order valence-electron chi connectivity index (χ0n) is 5.95. The molecule has 0 aliphatic rings. The molecule has 0 saturated carbocycles. The van der Waals surface area contributed by atoms with Crippen molar-refractivity contribution in [3.63, 3.8) is 0 Å². The summed E-state index contributed by atoms with van der Waals surface area (Å²) in [5, 5.41) is 0. The summed E-state index contributed by atoms with van der Waals surface area (Å²) in [6.45, 7) is 0. The third-order valence-corrected chi connectivity index (χ3v) is 0.566. The van der Waals surface area contributed by atoms with Crippen molar-refractivity contribution in [3.8, 4) is 0 Å². The smallest absolute Gasteiger partial charge is 0.0267 e. The molecule has 0 fully saturated rings. The van der Waals surface area contributed by atoms with Gasteiger partial charge in [0.25, 0.3) is 0 Å². The normalized spacial score (nSPS) is 8.83. The molecule has 1 aromatic rings. The standard InChI is InChI=1S/C5H5N.Cr.3H2O.2O/c1-2-4-6-5-3-1;;;;;;/h1-5H;;3*1H2;;/q;+2;;;;;/p-2. The summed E-state index contributed by atoms with van der Waals surface area (Å²) in [6.07, 6.45) is 3.50. The molecule has 1 aromatic heterocycles. The van der Waals surface area contributed by atoms with Crippen LogP contribution in [0.25, 0.3) is 0 Å². The average Bonchev–Trinajstić information content (AvgIpc) is 1.88. The minimum absolute atomic E-state index is 0. The molecule has 0 spiro atoms. The third kappa shape index (κ3) is 22.9. The molecule has 0 saturated heterocycles. The molecular formula is C5H9CrNO5. The van der Waals surface area contributed by atoms with E-state index in [0.717, 1.165) is 0 Å². The number of rotatable bonds is 0. The SMILES string of the molecule is O.[O]=[Cr](=[O])([OH])[OH].c1ccncc1. The van der Waals surface area contributed by atoms with Crippen LogP contribution >= 0.6 is 0 Å². The van der Waals surface area contributed by atoms with Crippen molar-refractivity contribution in [1.82, 2.24) is 4.98 Å². The van der Waals surface area contributed by atoms with Crippen LogP contribution in [0.2, 0.25) is 0 Å². The topological polar surface area (TPSA) is 119 Å². The number of hydrogen-bond acceptors (Lipinski definition) is 3. The van der Waals surface area contributed by atoms with Gasteiger partial charge in [0.05, 0.1) is 0 Å². The van der Waals surface area contributed by atoms with Crippen LogP contribution in [-0.2, 0) is 21.2 Å². The van der Waals surface area contributed by atoms with Crippen molar-refractivity contribution in [2.24, 2.45) is 0 Å². The van der Waals surface area contributed by atoms with Crippen LogP contribution in [0.3, 0.4) is 0 Å². The van der Waals surface area contributed by atoms with E-state index in [-0.39, 0.29) is 5.48 Å². The first-order valence-corrected chi connectivity index (χ1v) is 4.73. The molecule has 1 rings (SSSR count). The molecule has 1 heterocycles. The summed E-state index contributed by atoms with van der Waals surface area (Å²) in [7, 11) is 0. The molecule has 12 heavy (non-hydrogen) atoms. The Morgan fingerprint density at radius 3 is 1.42 bits per heavy atom. The predicted octanol–water partition coefficient (Wildman–Crippen LogP) is -1.10. The van der Waals surface area contributed by atoms with Gasteiger partial charge >= 0.3 is 29.5 Å². The van der Waals surface area contributed by atoms with E-state index in [1.165, 1.54) is 0 Å². The molecule has 0 amide bonds. The van der Waals surface area contributed by atoms with Gasteiger partial charge in [-0.1, -0.05) is 6.07 Å². The van der Waals surface area contributed by atoms with Gasteiger partial charge in [-0.2, -0.15) is 0 Å². The average molecular weight is 215 g/mol. The van der Waals surface area contributed by atoms with Gasteiger partial charge in [0.2, 0.25) is 0 Å². The van der Waals surface area contributed by atoms with E-state index in [1.807, 2.05) is 18.2 Å². The fraction of sp³-hybridized carbons (Fsp3) is 0. The van der Waals surface area contributed by atoms with E-state index >= 15 is 0 Å². The van der Waals surface area contributed by atoms with Crippen LogP contribution < -0.4 is 0 Å². The van der Waals surface area contributed by atoms with Gasteiger partial charge in [-0.25, -0.2) is 0 Å². The Morgan fingerprint density at radius 2 is 1.33 bits per heavy atom. The maximum atomic E-state index is 8.82. The molecule has 0 bridgehead atoms. The largest absolute Gasteiger partial charge is 0.265 e. The number of hydrogen-bond donors (Lipinski definition) is 2. The van der Waals surface area contributed by atoms with Crippen molar-refractivity contribution in [3.05, 3.63) is 30.6 Å². The Morgan fingerprint density at radius 1 is 1.00 bits per heavy atom. The van der Waals surface area contributed by atoms with Crippen molar-refractivity contribution >= 4 is 0 Å². The van der Waals surface area contributed by atoms with E-state index in [0.29, 0.717) is 0 Å². The minimum Gasteiger partial charge on any atom is -0.265 e. The van der Waals surface area contributed by atoms with E-state index < -0.39 is 13.6 Å². The quantitative estimate of drug-likeness (QED) is 0.569. The second kappa shape index (κ2) is 6.85. The fourth-order valence-electron chi connectivity index (χ4n) is 0.313. The number of aromatic nitrogens is 1. The maximum absolute atomic E-state index is 8.82. The van der Waals surface area contributed by atoms with Gasteiger partial charge < -0.3 is 5.48 Å². The van der Waals surface area contributed by atoms with Crippen LogP contribution in [0.4, 0.5) is 0 Å². The second-order valence-electron chi connectivity index (χ2n) is 1.47. The first-order chi connectivity index (χ1) is 5.00. The summed E-state index contributed by atoms with van der Waals surface area (Å²) in [5.41, 5.74) is 0. The summed E-state index contributed by atoms with van der Waals surface area (Å²) in [4.78, 5) is 3.78. The van der Waals surface area contributed by atoms with E-state index in [1.54, 1.807) is 12.4 Å². The molecule has 4 N–H and O–H groups in total. The van der Waals surface area contributed by atoms with Crippen molar-refractivity contribution < 1.29 is 35.0 Å². The summed E-state index contributed by atoms with van der Waals surface area (Å²) >= 11 is -5.25. The number of pyridine rings is 1. The van der Waals surface area contributed by atoms with Crippen molar-refractivity contribution in [1.29, 1.82) is 0 Å². The summed E-state index contributed by atoms with van der Waals surface area (Å²) in [6, 6.07) is 5.72. The van der Waals surface area contributed by atoms with Gasteiger partial charge in [-0.15, -0.1) is 0 Å². The molecule has 0 atom stereocenters. The van der Waals surface area contributed by atoms with Crippen LogP contribution in [0.15, 0.2) is 30.6 Å². The minimum atomic E-state index is -5.25. The zero-order chi connectivity index (χ0) is 8.74. The number of nitrogens with zero attached hydrogens (tertiary/aromatic N) is 1. The molecule has 0 radical (unpaired) electrons. The van der Waals surface area contributed by atoms with Gasteiger partial charge in [0, 0.05) is 12.4 Å². The molecule has 0 aromatic carbocycles. The Kier molecular flexibility index (Phi) is 7.84. The van der Waals surface area contributed by atoms with Gasteiger partial charge in [0.1, 0.15) is 0 Å². The monoisotopic (exact) mass is 215 g/mol. The zero-order valence-corrected chi connectivity index (χ0v) is 7.23. The Hall–Kier alpha value is -0.838. The first kappa shape index (κ1) is 13.7. The maximum Gasteiger partial charge on any atom is 0.0267 e. The summed E-state index contributed by atoms with van der Waals surface area (Å²) < 4.78 is 31.9. The van der Waals surface area contributed by atoms with E-state index in [4.69, 9.17) is 15.9 Å². The van der Waals surface area contributed by atoms with Gasteiger partial charge in [-0.05, 0) is 12.1 Å². The van der Waals surface area contributed by atoms with Gasteiger partial charge in [-0.3, -0.25) is 4.98 Å². The molecule has 7 heteroatoms. The predicted molar refractivity (Wildman–Crippen MR) is 33.7 cm³/mol. The van der Waals surface area contributed by atoms with E-state index in [9.17, 15) is 0 Å². The van der Waals surface area contributed by atoms with Crippen LogP contribution in [0.1, 0.15) is 0 Å². The van der Waals surface area contributed by atoms with Crippen molar-refractivity contribution in [2.75, 3.05) is 0 Å². The van der Waals surface area contributed by atoms with Crippen LogP contribution in [-0.4, -0.2) is 18.8 Å². The second-order valence-corrected chi connectivity index (χ2v) is 2.87. The Balaban J connectivity index is 0. The fourth-order valence-corrected chi connectivity index (χ4v) is 0.313. The first-order valence-electron chi connectivity index (χ1n) is 2.55. The van der Waals surface area contributed by atoms with E-state index in [2.05, 4.69) is 4.98 Å². The molecule has 70 valence electrons. The van der Waals surface area contributed by atoms with Crippen LogP contribution in [0, 0.1) is 0 Å². The summed E-state index contributed by atoms with van der Waals surface area (Å²) in [5.74, 6) is 0. The molecule has 0 aliphatic carbocycles. The molecular weight excluding hydrogens is 206 g/mol. The van der Waals surface area contributed by atoms with Gasteiger partial charge in [0.15, 0.2) is 0 Å². The third-order valence-electron chi connectivity index (χ3n) is 0.566. The van der Waals surface area contributed by atoms with Crippen LogP contribution in [0.5, 0.6) is 0 Å². The Bertz CT molecular complexity index is 236. The molecule has 0 aliphatic heterocycles. The Labute approximate surface area is 71.2 Å².